The van der Waals surface area contributed by atoms with Crippen LogP contribution in [0.4, 0.5) is 5.69 Å². The topological polar surface area (TPSA) is 112 Å². The Bertz CT molecular complexity index is 1090. The number of nitro groups is 1. The lowest BCUT2D eigenvalue weighted by Gasteiger charge is -2.14. The van der Waals surface area contributed by atoms with Gasteiger partial charge in [-0.15, -0.1) is 0 Å². The lowest BCUT2D eigenvalue weighted by Crippen LogP contribution is -2.25. The van der Waals surface area contributed by atoms with E-state index in [2.05, 4.69) is 4.98 Å². The minimum atomic E-state index is -1.09. The number of aryl methyl sites for hydroxylation is 1. The molecule has 3 aromatic rings. The number of hydrogen-bond donors (Lipinski definition) is 1. The van der Waals surface area contributed by atoms with E-state index in [0.717, 1.165) is 17.0 Å². The number of carbonyl (C=O) groups excluding carboxylic acids is 2. The van der Waals surface area contributed by atoms with Gasteiger partial charge in [0.05, 0.1) is 12.0 Å². The van der Waals surface area contributed by atoms with Crippen molar-refractivity contribution in [2.24, 2.45) is 0 Å². The summed E-state index contributed by atoms with van der Waals surface area (Å²) < 4.78 is 10.4. The number of methoxy groups -OCH3 is 1. The van der Waals surface area contributed by atoms with Crippen LogP contribution in [-0.2, 0) is 4.74 Å². The van der Waals surface area contributed by atoms with Crippen LogP contribution in [0.1, 0.15) is 33.3 Å². The Hall–Kier alpha value is -3.68. The first-order valence-corrected chi connectivity index (χ1v) is 8.48. The third-order valence-corrected chi connectivity index (χ3v) is 4.41. The maximum atomic E-state index is 12.9. The van der Waals surface area contributed by atoms with E-state index in [1.165, 1.54) is 26.2 Å². The highest BCUT2D eigenvalue weighted by Crippen LogP contribution is 2.27. The van der Waals surface area contributed by atoms with E-state index < -0.39 is 17.0 Å². The molecule has 0 fully saturated rings. The van der Waals surface area contributed by atoms with Crippen LogP contribution in [0.2, 0.25) is 0 Å². The summed E-state index contributed by atoms with van der Waals surface area (Å²) in [4.78, 5) is 38.9. The van der Waals surface area contributed by atoms with E-state index in [9.17, 15) is 19.7 Å². The molecule has 0 spiro atoms. The van der Waals surface area contributed by atoms with E-state index in [0.29, 0.717) is 11.3 Å². The lowest BCUT2D eigenvalue weighted by molar-refractivity contribution is -0.384. The molecule has 0 aliphatic rings. The molecule has 0 amide bonds. The van der Waals surface area contributed by atoms with Gasteiger partial charge in [0.25, 0.3) is 5.69 Å². The molecule has 0 radical (unpaired) electrons. The van der Waals surface area contributed by atoms with Crippen molar-refractivity contribution in [1.29, 1.82) is 0 Å². The maximum Gasteiger partial charge on any atom is 0.342 e. The number of nitro benzene ring substituents is 1. The van der Waals surface area contributed by atoms with Gasteiger partial charge in [-0.3, -0.25) is 14.9 Å². The van der Waals surface area contributed by atoms with Crippen LogP contribution < -0.4 is 4.74 Å². The molecule has 144 valence electrons. The summed E-state index contributed by atoms with van der Waals surface area (Å²) in [5, 5.41) is 11.7. The molecule has 0 saturated heterocycles. The van der Waals surface area contributed by atoms with Gasteiger partial charge < -0.3 is 14.5 Å². The molecule has 0 aliphatic carbocycles. The summed E-state index contributed by atoms with van der Waals surface area (Å²) in [7, 11) is 1.34. The van der Waals surface area contributed by atoms with E-state index in [1.807, 2.05) is 24.3 Å². The Morgan fingerprint density at radius 1 is 1.18 bits per heavy atom. The minimum absolute atomic E-state index is 0.119. The highest BCUT2D eigenvalue weighted by molar-refractivity contribution is 6.11. The van der Waals surface area contributed by atoms with Gasteiger partial charge in [0.2, 0.25) is 5.78 Å². The number of H-pyrrole nitrogens is 1. The number of hydrogen-bond acceptors (Lipinski definition) is 6. The average Bonchev–Trinajstić information content (AvgIpc) is 3.02. The van der Waals surface area contributed by atoms with Gasteiger partial charge in [-0.2, -0.15) is 0 Å². The van der Waals surface area contributed by atoms with Crippen molar-refractivity contribution in [3.8, 4) is 5.75 Å². The fourth-order valence-electron chi connectivity index (χ4n) is 3.04. The van der Waals surface area contributed by atoms with Crippen molar-refractivity contribution in [3.05, 3.63) is 69.4 Å². The van der Waals surface area contributed by atoms with E-state index in [4.69, 9.17) is 9.47 Å². The normalized spacial score (nSPS) is 11.8. The Kier molecular flexibility index (Phi) is 5.12. The van der Waals surface area contributed by atoms with Crippen LogP contribution in [0.3, 0.4) is 0 Å². The van der Waals surface area contributed by atoms with Crippen molar-refractivity contribution in [3.63, 3.8) is 0 Å². The van der Waals surface area contributed by atoms with Crippen molar-refractivity contribution in [2.45, 2.75) is 20.0 Å². The van der Waals surface area contributed by atoms with E-state index in [1.54, 1.807) is 6.92 Å². The van der Waals surface area contributed by atoms with Gasteiger partial charge in [-0.25, -0.2) is 4.79 Å². The number of Topliss-reactive ketones (excluding diaryl/α,β-unsaturated/α-hetero) is 1. The van der Waals surface area contributed by atoms with Crippen molar-refractivity contribution < 1.29 is 24.0 Å². The van der Waals surface area contributed by atoms with Crippen LogP contribution in [0.5, 0.6) is 5.75 Å². The summed E-state index contributed by atoms with van der Waals surface area (Å²) in [5.74, 6) is -1.12. The molecule has 8 nitrogen and oxygen atoms in total. The molecule has 3 rings (SSSR count). The van der Waals surface area contributed by atoms with Gasteiger partial charge in [-0.05, 0) is 26.0 Å². The van der Waals surface area contributed by atoms with Crippen LogP contribution in [0.15, 0.2) is 42.5 Å². The van der Waals surface area contributed by atoms with Gasteiger partial charge in [-0.1, -0.05) is 18.2 Å². The van der Waals surface area contributed by atoms with Crippen LogP contribution in [0.25, 0.3) is 10.9 Å². The number of non-ortho nitro benzene ring substituents is 1. The molecule has 0 saturated carbocycles. The zero-order chi connectivity index (χ0) is 20.4. The molecular formula is C20H18N2O6. The number of ether oxygens (including phenoxy) is 2. The Morgan fingerprint density at radius 3 is 2.57 bits per heavy atom. The summed E-state index contributed by atoms with van der Waals surface area (Å²) in [6, 6.07) is 10.9. The van der Waals surface area contributed by atoms with Crippen LogP contribution in [0, 0.1) is 17.0 Å². The molecule has 1 heterocycles. The molecule has 1 aromatic heterocycles. The third-order valence-electron chi connectivity index (χ3n) is 4.41. The average molecular weight is 382 g/mol. The highest BCUT2D eigenvalue weighted by atomic mass is 16.6. The zero-order valence-electron chi connectivity index (χ0n) is 15.5. The Labute approximate surface area is 160 Å². The first-order chi connectivity index (χ1) is 13.3. The van der Waals surface area contributed by atoms with Crippen molar-refractivity contribution in [2.75, 3.05) is 7.11 Å². The summed E-state index contributed by atoms with van der Waals surface area (Å²) >= 11 is 0. The second kappa shape index (κ2) is 7.51. The molecular weight excluding hydrogens is 364 g/mol. The molecule has 28 heavy (non-hydrogen) atoms. The van der Waals surface area contributed by atoms with Gasteiger partial charge in [0.1, 0.15) is 11.3 Å². The fraction of sp³-hybridized carbons (Fsp3) is 0.200. The second-order valence-electron chi connectivity index (χ2n) is 6.22. The number of nitrogens with one attached hydrogen (secondary N) is 1. The smallest absolute Gasteiger partial charge is 0.342 e. The first-order valence-electron chi connectivity index (χ1n) is 8.48. The Morgan fingerprint density at radius 2 is 1.89 bits per heavy atom. The third kappa shape index (κ3) is 3.44. The second-order valence-corrected chi connectivity index (χ2v) is 6.22. The van der Waals surface area contributed by atoms with E-state index >= 15 is 0 Å². The number of benzene rings is 2. The maximum absolute atomic E-state index is 12.9. The predicted molar refractivity (Wildman–Crippen MR) is 102 cm³/mol. The lowest BCUT2D eigenvalue weighted by atomic mass is 10.0. The molecule has 0 bridgehead atoms. The van der Waals surface area contributed by atoms with E-state index in [-0.39, 0.29) is 22.8 Å². The molecule has 8 heteroatoms. The Balaban J connectivity index is 1.88. The van der Waals surface area contributed by atoms with Gasteiger partial charge in [0, 0.05) is 34.3 Å². The van der Waals surface area contributed by atoms with Crippen LogP contribution >= 0.6 is 0 Å². The van der Waals surface area contributed by atoms with Gasteiger partial charge >= 0.3 is 5.97 Å². The summed E-state index contributed by atoms with van der Waals surface area (Å²) in [6.45, 7) is 3.23. The number of aromatic nitrogens is 1. The minimum Gasteiger partial charge on any atom is -0.496 e. The number of ketones is 1. The number of esters is 1. The number of carbonyl (C=O) groups is 2. The number of fused-ring (bicyclic) bond motifs is 1. The molecule has 1 N–H and O–H groups in total. The largest absolute Gasteiger partial charge is 0.496 e. The number of nitrogens with zero attached hydrogens (tertiary/aromatic N) is 1. The summed E-state index contributed by atoms with van der Waals surface area (Å²) in [6.07, 6.45) is -1.09. The number of para-hydroxylation sites is 1. The SMILES string of the molecule is COc1ccc([N+](=O)[O-])cc1C(=O)OC(C)C(=O)c1c(C)[nH]c2ccccc12. The number of rotatable bonds is 6. The highest BCUT2D eigenvalue weighted by Gasteiger charge is 2.27. The monoisotopic (exact) mass is 382 g/mol. The molecule has 0 aliphatic heterocycles. The number of aromatic amines is 1. The van der Waals surface area contributed by atoms with Crippen molar-refractivity contribution in [1.82, 2.24) is 4.98 Å². The van der Waals surface area contributed by atoms with Crippen molar-refractivity contribution >= 4 is 28.3 Å². The zero-order valence-corrected chi connectivity index (χ0v) is 15.5. The quantitative estimate of drug-likeness (QED) is 0.300. The molecule has 2 aromatic carbocycles. The molecule has 1 atom stereocenters. The molecule has 1 unspecified atom stereocenters. The fourth-order valence-corrected chi connectivity index (χ4v) is 3.04. The predicted octanol–water partition coefficient (Wildman–Crippen LogP) is 3.82. The van der Waals surface area contributed by atoms with Crippen LogP contribution in [-0.4, -0.2) is 34.9 Å². The van der Waals surface area contributed by atoms with Gasteiger partial charge in [0.15, 0.2) is 6.10 Å². The first kappa shape index (κ1) is 19.1. The standard InChI is InChI=1S/C20H18N2O6/c1-11-18(14-6-4-5-7-16(14)21-11)19(23)12(2)28-20(24)15-10-13(22(25)26)8-9-17(15)27-3/h4-10,12,21H,1-3H3. The summed E-state index contributed by atoms with van der Waals surface area (Å²) in [5.41, 5.74) is 1.53.